The predicted molar refractivity (Wildman–Crippen MR) is 86.0 cm³/mol. The Balaban J connectivity index is 2.22. The summed E-state index contributed by atoms with van der Waals surface area (Å²) in [7, 11) is 0. The summed E-state index contributed by atoms with van der Waals surface area (Å²) < 4.78 is 7.26. The van der Waals surface area contributed by atoms with Gasteiger partial charge in [-0.05, 0) is 10.2 Å². The lowest BCUT2D eigenvalue weighted by atomic mass is 10.2. The van der Waals surface area contributed by atoms with Crippen LogP contribution in [0, 0.1) is 0 Å². The van der Waals surface area contributed by atoms with Crippen molar-refractivity contribution >= 4 is 50.4 Å². The van der Waals surface area contributed by atoms with Crippen LogP contribution in [-0.2, 0) is 4.74 Å². The van der Waals surface area contributed by atoms with E-state index in [9.17, 15) is 9.90 Å². The summed E-state index contributed by atoms with van der Waals surface area (Å²) in [6.45, 7) is -0.210. The number of alkyl halides is 1. The maximum Gasteiger partial charge on any atom is 0.346 e. The number of halogens is 2. The molecule has 0 aromatic carbocycles. The number of hydrogen-bond donors (Lipinski definition) is 4. The molecule has 1 aromatic heterocycles. The summed E-state index contributed by atoms with van der Waals surface area (Å²) in [4.78, 5) is 17.1. The average Bonchev–Trinajstić information content (AvgIpc) is 2.70. The van der Waals surface area contributed by atoms with E-state index in [2.05, 4.69) is 31.2 Å². The standard InChI is InChI=1S/C11H13BrIN3O4/c12-7-6(4-17)20-10(8(7)18)15-9-5(1-2-13)3-14-11(19)16-9/h1-3,6-8,10,17-18H,4H2,(H2,14,15,16,19)/t6-,7+,8-,10-/m1/s1. The van der Waals surface area contributed by atoms with E-state index >= 15 is 0 Å². The average molecular weight is 458 g/mol. The molecule has 0 spiro atoms. The van der Waals surface area contributed by atoms with Crippen LogP contribution in [0.3, 0.4) is 0 Å². The number of aliphatic hydroxyl groups is 2. The van der Waals surface area contributed by atoms with Gasteiger partial charge in [0.2, 0.25) is 0 Å². The third kappa shape index (κ3) is 3.39. The van der Waals surface area contributed by atoms with Crippen molar-refractivity contribution in [1.82, 2.24) is 9.97 Å². The molecular weight excluding hydrogens is 445 g/mol. The van der Waals surface area contributed by atoms with E-state index in [0.717, 1.165) is 0 Å². The second-order valence-corrected chi connectivity index (χ2v) is 5.94. The first-order chi connectivity index (χ1) is 9.56. The van der Waals surface area contributed by atoms with Crippen LogP contribution >= 0.6 is 38.5 Å². The van der Waals surface area contributed by atoms with E-state index < -0.39 is 24.1 Å². The highest BCUT2D eigenvalue weighted by molar-refractivity contribution is 14.1. The SMILES string of the molecule is O=c1ncc(C=CI)c(N[C@@H]2O[C@H](CO)[C@H](Br)[C@H]2O)[nH]1. The van der Waals surface area contributed by atoms with Gasteiger partial charge in [0.05, 0.1) is 17.5 Å². The molecule has 0 radical (unpaired) electrons. The Morgan fingerprint density at radius 2 is 2.40 bits per heavy atom. The first kappa shape index (κ1) is 15.9. The van der Waals surface area contributed by atoms with Crippen molar-refractivity contribution in [3.8, 4) is 0 Å². The smallest absolute Gasteiger partial charge is 0.346 e. The fourth-order valence-corrected chi connectivity index (χ4v) is 2.81. The molecule has 0 saturated carbocycles. The maximum atomic E-state index is 11.3. The molecule has 0 aliphatic carbocycles. The molecule has 1 saturated heterocycles. The molecule has 110 valence electrons. The van der Waals surface area contributed by atoms with Crippen molar-refractivity contribution in [3.63, 3.8) is 0 Å². The summed E-state index contributed by atoms with van der Waals surface area (Å²) in [6, 6.07) is 0. The number of aromatic nitrogens is 2. The second kappa shape index (κ2) is 6.98. The highest BCUT2D eigenvalue weighted by atomic mass is 127. The van der Waals surface area contributed by atoms with Crippen molar-refractivity contribution in [1.29, 1.82) is 0 Å². The molecule has 1 fully saturated rings. The van der Waals surface area contributed by atoms with E-state index in [1.807, 2.05) is 22.6 Å². The Bertz CT molecular complexity index is 553. The van der Waals surface area contributed by atoms with Crippen LogP contribution in [0.5, 0.6) is 0 Å². The first-order valence-corrected chi connectivity index (χ1v) is 7.94. The zero-order valence-electron chi connectivity index (χ0n) is 10.2. The monoisotopic (exact) mass is 457 g/mol. The van der Waals surface area contributed by atoms with Crippen molar-refractivity contribution in [2.45, 2.75) is 23.3 Å². The van der Waals surface area contributed by atoms with Crippen LogP contribution in [0.4, 0.5) is 5.82 Å². The van der Waals surface area contributed by atoms with Gasteiger partial charge in [-0.3, -0.25) is 4.98 Å². The zero-order valence-corrected chi connectivity index (χ0v) is 13.9. The van der Waals surface area contributed by atoms with Gasteiger partial charge < -0.3 is 20.3 Å². The minimum atomic E-state index is -0.861. The predicted octanol–water partition coefficient (Wildman–Crippen LogP) is 0.429. The Hall–Kier alpha value is -0.490. The van der Waals surface area contributed by atoms with Crippen LogP contribution in [-0.4, -0.2) is 50.1 Å². The summed E-state index contributed by atoms with van der Waals surface area (Å²) in [5.41, 5.74) is 0.160. The van der Waals surface area contributed by atoms with Gasteiger partial charge in [-0.2, -0.15) is 0 Å². The number of H-pyrrole nitrogens is 1. The number of aliphatic hydroxyl groups excluding tert-OH is 2. The van der Waals surface area contributed by atoms with Crippen molar-refractivity contribution < 1.29 is 14.9 Å². The minimum absolute atomic E-state index is 0.210. The maximum absolute atomic E-state index is 11.3. The molecule has 4 atom stereocenters. The summed E-state index contributed by atoms with van der Waals surface area (Å²) in [5.74, 6) is 0.403. The number of rotatable bonds is 4. The van der Waals surface area contributed by atoms with Gasteiger partial charge in [-0.1, -0.05) is 38.5 Å². The molecule has 1 aliphatic heterocycles. The Morgan fingerprint density at radius 1 is 1.65 bits per heavy atom. The molecule has 0 bridgehead atoms. The van der Waals surface area contributed by atoms with Crippen LogP contribution < -0.4 is 11.0 Å². The Morgan fingerprint density at radius 3 is 3.00 bits per heavy atom. The van der Waals surface area contributed by atoms with E-state index in [1.165, 1.54) is 6.20 Å². The molecule has 20 heavy (non-hydrogen) atoms. The number of nitrogens with one attached hydrogen (secondary N) is 2. The molecule has 4 N–H and O–H groups in total. The van der Waals surface area contributed by atoms with Gasteiger partial charge >= 0.3 is 5.69 Å². The molecular formula is C11H13BrIN3O4. The molecule has 1 aliphatic rings. The quantitative estimate of drug-likeness (QED) is 0.386. The Kier molecular flexibility index (Phi) is 5.55. The molecule has 9 heteroatoms. The molecule has 1 aromatic rings. The lowest BCUT2D eigenvalue weighted by Crippen LogP contribution is -2.34. The number of hydrogen-bond acceptors (Lipinski definition) is 6. The number of ether oxygens (including phenoxy) is 1. The lowest BCUT2D eigenvalue weighted by Gasteiger charge is -2.18. The van der Waals surface area contributed by atoms with Gasteiger partial charge in [0.25, 0.3) is 0 Å². The summed E-state index contributed by atoms with van der Waals surface area (Å²) in [5, 5.41) is 22.1. The molecule has 7 nitrogen and oxygen atoms in total. The molecule has 2 heterocycles. The van der Waals surface area contributed by atoms with Crippen molar-refractivity contribution in [3.05, 3.63) is 26.3 Å². The first-order valence-electron chi connectivity index (χ1n) is 5.78. The molecule has 2 rings (SSSR count). The third-order valence-electron chi connectivity index (χ3n) is 2.86. The fraction of sp³-hybridized carbons (Fsp3) is 0.455. The largest absolute Gasteiger partial charge is 0.394 e. The number of anilines is 1. The highest BCUT2D eigenvalue weighted by Gasteiger charge is 2.42. The van der Waals surface area contributed by atoms with Gasteiger partial charge in [0.1, 0.15) is 11.9 Å². The van der Waals surface area contributed by atoms with Gasteiger partial charge in [0, 0.05) is 11.8 Å². The third-order valence-corrected chi connectivity index (χ3v) is 4.35. The van der Waals surface area contributed by atoms with E-state index in [1.54, 1.807) is 10.2 Å². The Labute approximate surface area is 136 Å². The van der Waals surface area contributed by atoms with E-state index in [-0.39, 0.29) is 11.4 Å². The molecule has 0 amide bonds. The van der Waals surface area contributed by atoms with Crippen LogP contribution in [0.2, 0.25) is 0 Å². The minimum Gasteiger partial charge on any atom is -0.394 e. The van der Waals surface area contributed by atoms with Gasteiger partial charge in [0.15, 0.2) is 6.23 Å². The van der Waals surface area contributed by atoms with Crippen molar-refractivity contribution in [2.24, 2.45) is 0 Å². The normalized spacial score (nSPS) is 30.0. The van der Waals surface area contributed by atoms with Crippen LogP contribution in [0.15, 0.2) is 15.1 Å². The number of nitrogens with zero attached hydrogens (tertiary/aromatic N) is 1. The lowest BCUT2D eigenvalue weighted by molar-refractivity contribution is 0.00545. The summed E-state index contributed by atoms with van der Waals surface area (Å²) in [6.07, 6.45) is 1.06. The van der Waals surface area contributed by atoms with E-state index in [4.69, 9.17) is 9.84 Å². The topological polar surface area (TPSA) is 107 Å². The molecule has 0 unspecified atom stereocenters. The van der Waals surface area contributed by atoms with Crippen LogP contribution in [0.1, 0.15) is 5.56 Å². The zero-order chi connectivity index (χ0) is 14.7. The van der Waals surface area contributed by atoms with Gasteiger partial charge in [-0.25, -0.2) is 9.78 Å². The van der Waals surface area contributed by atoms with E-state index in [0.29, 0.717) is 11.4 Å². The van der Waals surface area contributed by atoms with Crippen LogP contribution in [0.25, 0.3) is 6.08 Å². The second-order valence-electron chi connectivity index (χ2n) is 4.17. The number of aromatic amines is 1. The van der Waals surface area contributed by atoms with Gasteiger partial charge in [-0.15, -0.1) is 0 Å². The van der Waals surface area contributed by atoms with Crippen molar-refractivity contribution in [2.75, 3.05) is 11.9 Å². The highest BCUT2D eigenvalue weighted by Crippen LogP contribution is 2.28. The fourth-order valence-electron chi connectivity index (χ4n) is 1.85. The summed E-state index contributed by atoms with van der Waals surface area (Å²) >= 11 is 5.32.